The monoisotopic (exact) mass is 552 g/mol. The molecule has 0 unspecified atom stereocenters. The first-order chi connectivity index (χ1) is 18.5. The predicted octanol–water partition coefficient (Wildman–Crippen LogP) is 2.83. The molecule has 2 N–H and O–H groups in total. The zero-order chi connectivity index (χ0) is 27.9. The number of alkyl halides is 3. The lowest BCUT2D eigenvalue weighted by molar-refractivity contribution is -0.146. The molecule has 1 aromatic carbocycles. The van der Waals surface area contributed by atoms with Gasteiger partial charge in [-0.25, -0.2) is 18.7 Å². The first-order valence-electron chi connectivity index (χ1n) is 12.2. The van der Waals surface area contributed by atoms with Gasteiger partial charge in [0.15, 0.2) is 0 Å². The Morgan fingerprint density at radius 1 is 1.10 bits per heavy atom. The zero-order valence-electron chi connectivity index (χ0n) is 20.8. The molecule has 2 aliphatic heterocycles. The Labute approximate surface area is 219 Å². The van der Waals surface area contributed by atoms with E-state index in [1.165, 1.54) is 12.4 Å². The second-order valence-corrected chi connectivity index (χ2v) is 9.65. The maximum atomic E-state index is 14.3. The molecule has 3 aromatic rings. The number of nitrogens with two attached hydrogens (primary N) is 1. The summed E-state index contributed by atoms with van der Waals surface area (Å²) < 4.78 is 70.9. The molecule has 1 amide bonds. The van der Waals surface area contributed by atoms with Crippen molar-refractivity contribution in [3.05, 3.63) is 59.2 Å². The van der Waals surface area contributed by atoms with Gasteiger partial charge in [-0.3, -0.25) is 4.79 Å². The number of halogens is 5. The van der Waals surface area contributed by atoms with Crippen LogP contribution in [0.5, 0.6) is 0 Å². The van der Waals surface area contributed by atoms with Crippen molar-refractivity contribution >= 4 is 17.9 Å². The predicted molar refractivity (Wildman–Crippen MR) is 128 cm³/mol. The van der Waals surface area contributed by atoms with Gasteiger partial charge < -0.3 is 25.0 Å². The van der Waals surface area contributed by atoms with Crippen LogP contribution in [-0.4, -0.2) is 76.2 Å². The molecule has 2 saturated heterocycles. The topological polar surface area (TPSA) is 118 Å². The van der Waals surface area contributed by atoms with Gasteiger partial charge in [-0.05, 0) is 41.8 Å². The van der Waals surface area contributed by atoms with E-state index in [-0.39, 0.29) is 35.6 Å². The number of hydrogen-bond donors (Lipinski definition) is 1. The van der Waals surface area contributed by atoms with Gasteiger partial charge in [0, 0.05) is 63.6 Å². The molecule has 0 aliphatic carbocycles. The van der Waals surface area contributed by atoms with Gasteiger partial charge in [-0.2, -0.15) is 18.2 Å². The van der Waals surface area contributed by atoms with E-state index >= 15 is 0 Å². The zero-order valence-corrected chi connectivity index (χ0v) is 20.8. The van der Waals surface area contributed by atoms with E-state index in [9.17, 15) is 26.7 Å². The highest BCUT2D eigenvalue weighted by atomic mass is 19.4. The highest BCUT2D eigenvalue weighted by Gasteiger charge is 2.39. The molecule has 2 aromatic heterocycles. The van der Waals surface area contributed by atoms with E-state index < -0.39 is 35.6 Å². The Kier molecular flexibility index (Phi) is 7.09. The number of carbonyl (C=O) groups excluding carboxylic acids is 1. The minimum Gasteiger partial charge on any atom is -0.339 e. The molecule has 5 rings (SSSR count). The quantitative estimate of drug-likeness (QED) is 0.477. The maximum absolute atomic E-state index is 14.3. The second-order valence-electron chi connectivity index (χ2n) is 9.65. The lowest BCUT2D eigenvalue weighted by atomic mass is 9.94. The van der Waals surface area contributed by atoms with Crippen LogP contribution >= 0.6 is 0 Å². The fraction of sp³-hybridized carbons (Fsp3) is 0.458. The van der Waals surface area contributed by atoms with E-state index in [0.717, 1.165) is 18.2 Å². The Bertz CT molecular complexity index is 1330. The molecule has 208 valence electrons. The number of anilines is 2. The molecular formula is C24H25F5N8O2. The van der Waals surface area contributed by atoms with Crippen LogP contribution in [0.3, 0.4) is 0 Å². The number of carbonyl (C=O) groups is 1. The van der Waals surface area contributed by atoms with Crippen molar-refractivity contribution in [1.29, 1.82) is 0 Å². The minimum absolute atomic E-state index is 0.170. The van der Waals surface area contributed by atoms with E-state index in [2.05, 4.69) is 20.1 Å². The van der Waals surface area contributed by atoms with Gasteiger partial charge in [0.05, 0.1) is 5.56 Å². The summed E-state index contributed by atoms with van der Waals surface area (Å²) in [5.41, 5.74) is 6.67. The lowest BCUT2D eigenvalue weighted by Crippen LogP contribution is -2.45. The molecule has 4 heterocycles. The molecule has 0 saturated carbocycles. The van der Waals surface area contributed by atoms with Crippen molar-refractivity contribution in [3.63, 3.8) is 0 Å². The molecular weight excluding hydrogens is 527 g/mol. The fourth-order valence-electron chi connectivity index (χ4n) is 4.99. The number of piperidine rings is 1. The average Bonchev–Trinajstić information content (AvgIpc) is 3.57. The smallest absolute Gasteiger partial charge is 0.339 e. The third kappa shape index (κ3) is 5.48. The molecule has 15 heteroatoms. The summed E-state index contributed by atoms with van der Waals surface area (Å²) in [4.78, 5) is 29.9. The van der Waals surface area contributed by atoms with E-state index in [1.54, 1.807) is 21.7 Å². The number of amides is 1. The molecule has 10 nitrogen and oxygen atoms in total. The van der Waals surface area contributed by atoms with Crippen LogP contribution in [-0.2, 0) is 6.18 Å². The summed E-state index contributed by atoms with van der Waals surface area (Å²) in [5, 5.41) is 2.98. The number of rotatable bonds is 5. The minimum atomic E-state index is -4.69. The van der Waals surface area contributed by atoms with Crippen molar-refractivity contribution < 1.29 is 31.3 Å². The Balaban J connectivity index is 1.18. The number of benzene rings is 1. The van der Waals surface area contributed by atoms with Gasteiger partial charge in [0.1, 0.15) is 11.6 Å². The van der Waals surface area contributed by atoms with Crippen molar-refractivity contribution in [1.82, 2.24) is 25.0 Å². The standard InChI is InChI=1S/C24H25F5N8O2/c1-35(15-4-6-36(7-5-15)23-33-21(34-39-23)24(27,28)29)20(38)13-9-31-22(32-10-13)37-11-17(19(30)12-37)16-8-14(25)2-3-18(16)26/h2-3,8-10,15,17,19H,4-7,11-12,30H2,1H3/t17-,19+/m1/s1. The molecule has 0 bridgehead atoms. The van der Waals surface area contributed by atoms with E-state index in [0.29, 0.717) is 38.4 Å². The number of aromatic nitrogens is 4. The average molecular weight is 553 g/mol. The van der Waals surface area contributed by atoms with E-state index in [4.69, 9.17) is 10.3 Å². The van der Waals surface area contributed by atoms with Gasteiger partial charge >= 0.3 is 12.2 Å². The molecule has 0 spiro atoms. The first-order valence-corrected chi connectivity index (χ1v) is 12.2. The van der Waals surface area contributed by atoms with Crippen LogP contribution in [0.4, 0.5) is 33.9 Å². The van der Waals surface area contributed by atoms with E-state index in [1.807, 2.05) is 0 Å². The maximum Gasteiger partial charge on any atom is 0.455 e. The summed E-state index contributed by atoms with van der Waals surface area (Å²) >= 11 is 0. The fourth-order valence-corrected chi connectivity index (χ4v) is 4.99. The molecule has 2 atom stereocenters. The normalized spacial score (nSPS) is 20.5. The third-order valence-corrected chi connectivity index (χ3v) is 7.16. The van der Waals surface area contributed by atoms with Crippen molar-refractivity contribution in [2.45, 2.75) is 37.0 Å². The Morgan fingerprint density at radius 3 is 2.44 bits per heavy atom. The summed E-state index contributed by atoms with van der Waals surface area (Å²) in [6.45, 7) is 1.29. The highest BCUT2D eigenvalue weighted by Crippen LogP contribution is 2.31. The lowest BCUT2D eigenvalue weighted by Gasteiger charge is -2.35. The first kappa shape index (κ1) is 26.7. The molecule has 2 aliphatic rings. The van der Waals surface area contributed by atoms with Crippen LogP contribution in [0.15, 0.2) is 35.1 Å². The second kappa shape index (κ2) is 10.4. The van der Waals surface area contributed by atoms with Crippen LogP contribution in [0, 0.1) is 11.6 Å². The van der Waals surface area contributed by atoms with Crippen molar-refractivity contribution in [2.75, 3.05) is 43.0 Å². The highest BCUT2D eigenvalue weighted by molar-refractivity contribution is 5.93. The van der Waals surface area contributed by atoms with Gasteiger partial charge in [0.2, 0.25) is 5.95 Å². The molecule has 39 heavy (non-hydrogen) atoms. The molecule has 0 radical (unpaired) electrons. The summed E-state index contributed by atoms with van der Waals surface area (Å²) in [7, 11) is 1.64. The Morgan fingerprint density at radius 2 is 1.79 bits per heavy atom. The summed E-state index contributed by atoms with van der Waals surface area (Å²) in [6, 6.07) is 2.44. The van der Waals surface area contributed by atoms with Gasteiger partial charge in [-0.15, -0.1) is 0 Å². The summed E-state index contributed by atoms with van der Waals surface area (Å²) in [6.07, 6.45) is -0.931. The van der Waals surface area contributed by atoms with Crippen LogP contribution in [0.2, 0.25) is 0 Å². The largest absolute Gasteiger partial charge is 0.455 e. The van der Waals surface area contributed by atoms with Crippen LogP contribution in [0.25, 0.3) is 0 Å². The SMILES string of the molecule is CN(C(=O)c1cnc(N2C[C@H](c3cc(F)ccc3F)[C@@H](N)C2)nc1)C1CCN(c2nc(C(F)(F)F)no2)CC1. The van der Waals surface area contributed by atoms with Crippen LogP contribution in [0.1, 0.15) is 40.5 Å². The summed E-state index contributed by atoms with van der Waals surface area (Å²) in [5.74, 6) is -2.85. The Hall–Kier alpha value is -3.88. The van der Waals surface area contributed by atoms with Crippen molar-refractivity contribution in [3.8, 4) is 0 Å². The third-order valence-electron chi connectivity index (χ3n) is 7.16. The number of nitrogens with zero attached hydrogens (tertiary/aromatic N) is 7. The number of hydrogen-bond acceptors (Lipinski definition) is 9. The van der Waals surface area contributed by atoms with Crippen molar-refractivity contribution in [2.24, 2.45) is 5.73 Å². The molecule has 2 fully saturated rings. The van der Waals surface area contributed by atoms with Gasteiger partial charge in [-0.1, -0.05) is 0 Å². The van der Waals surface area contributed by atoms with Crippen LogP contribution < -0.4 is 15.5 Å². The van der Waals surface area contributed by atoms with Gasteiger partial charge in [0.25, 0.3) is 11.7 Å².